The van der Waals surface area contributed by atoms with E-state index in [0.717, 1.165) is 16.5 Å². The van der Waals surface area contributed by atoms with Gasteiger partial charge in [-0.1, -0.05) is 47.8 Å². The zero-order valence-corrected chi connectivity index (χ0v) is 12.4. The van der Waals surface area contributed by atoms with Gasteiger partial charge in [0.05, 0.1) is 6.42 Å². The van der Waals surface area contributed by atoms with E-state index >= 15 is 0 Å². The standard InChI is InChI=1S/C15H20BrNO/c1-11-4-2-3-5-14(11)17-15(18)10-12-6-8-13(16)9-7-12/h6-9,11,14H,2-5,10H2,1H3,(H,17,18)/t11-,14+/m1/s1. The monoisotopic (exact) mass is 309 g/mol. The summed E-state index contributed by atoms with van der Waals surface area (Å²) in [5, 5.41) is 3.18. The van der Waals surface area contributed by atoms with Gasteiger partial charge in [-0.2, -0.15) is 0 Å². The van der Waals surface area contributed by atoms with E-state index in [2.05, 4.69) is 28.2 Å². The first-order valence-corrected chi connectivity index (χ1v) is 7.48. The molecule has 2 rings (SSSR count). The van der Waals surface area contributed by atoms with Crippen LogP contribution in [0.2, 0.25) is 0 Å². The molecule has 0 aromatic heterocycles. The number of carbonyl (C=O) groups is 1. The lowest BCUT2D eigenvalue weighted by Crippen LogP contribution is -2.41. The van der Waals surface area contributed by atoms with Crippen molar-refractivity contribution in [1.82, 2.24) is 5.32 Å². The molecular weight excluding hydrogens is 290 g/mol. The third kappa shape index (κ3) is 3.84. The molecule has 0 aliphatic heterocycles. The van der Waals surface area contributed by atoms with Gasteiger partial charge in [-0.15, -0.1) is 0 Å². The van der Waals surface area contributed by atoms with Crippen LogP contribution in [0.4, 0.5) is 0 Å². The molecule has 2 nitrogen and oxygen atoms in total. The van der Waals surface area contributed by atoms with Crippen molar-refractivity contribution in [1.29, 1.82) is 0 Å². The number of hydrogen-bond donors (Lipinski definition) is 1. The zero-order valence-electron chi connectivity index (χ0n) is 10.8. The molecule has 2 atom stereocenters. The summed E-state index contributed by atoms with van der Waals surface area (Å²) in [7, 11) is 0. The second kappa shape index (κ2) is 6.37. The zero-order chi connectivity index (χ0) is 13.0. The predicted octanol–water partition coefficient (Wildman–Crippen LogP) is 3.69. The highest BCUT2D eigenvalue weighted by Crippen LogP contribution is 2.23. The summed E-state index contributed by atoms with van der Waals surface area (Å²) in [5.41, 5.74) is 1.07. The lowest BCUT2D eigenvalue weighted by atomic mass is 9.86. The smallest absolute Gasteiger partial charge is 0.224 e. The number of nitrogens with one attached hydrogen (secondary N) is 1. The van der Waals surface area contributed by atoms with Crippen molar-refractivity contribution in [2.24, 2.45) is 5.92 Å². The molecule has 0 radical (unpaired) electrons. The molecule has 3 heteroatoms. The van der Waals surface area contributed by atoms with Gasteiger partial charge in [-0.25, -0.2) is 0 Å². The summed E-state index contributed by atoms with van der Waals surface area (Å²) >= 11 is 3.40. The molecule has 1 N–H and O–H groups in total. The molecule has 1 fully saturated rings. The summed E-state index contributed by atoms with van der Waals surface area (Å²) in [6.07, 6.45) is 5.40. The molecule has 98 valence electrons. The highest BCUT2D eigenvalue weighted by molar-refractivity contribution is 9.10. The Balaban J connectivity index is 1.86. The quantitative estimate of drug-likeness (QED) is 0.906. The first kappa shape index (κ1) is 13.6. The third-order valence-electron chi connectivity index (χ3n) is 3.74. The Bertz CT molecular complexity index is 401. The van der Waals surface area contributed by atoms with E-state index < -0.39 is 0 Å². The fraction of sp³-hybridized carbons (Fsp3) is 0.533. The van der Waals surface area contributed by atoms with E-state index in [1.54, 1.807) is 0 Å². The van der Waals surface area contributed by atoms with Gasteiger partial charge in [-0.05, 0) is 36.5 Å². The van der Waals surface area contributed by atoms with Crippen molar-refractivity contribution in [2.75, 3.05) is 0 Å². The fourth-order valence-electron chi connectivity index (χ4n) is 2.58. The number of carbonyl (C=O) groups excluding carboxylic acids is 1. The van der Waals surface area contributed by atoms with Crippen LogP contribution in [0.15, 0.2) is 28.7 Å². The summed E-state index contributed by atoms with van der Waals surface area (Å²) in [6.45, 7) is 2.24. The van der Waals surface area contributed by atoms with Crippen LogP contribution in [0.3, 0.4) is 0 Å². The second-order valence-corrected chi connectivity index (χ2v) is 6.15. The van der Waals surface area contributed by atoms with E-state index in [1.165, 1.54) is 19.3 Å². The predicted molar refractivity (Wildman–Crippen MR) is 77.4 cm³/mol. The molecule has 0 bridgehead atoms. The molecule has 1 saturated carbocycles. The maximum absolute atomic E-state index is 12.0. The van der Waals surface area contributed by atoms with Gasteiger partial charge in [0, 0.05) is 10.5 Å². The minimum atomic E-state index is 0.149. The maximum atomic E-state index is 12.0. The van der Waals surface area contributed by atoms with Crippen LogP contribution in [-0.4, -0.2) is 11.9 Å². The van der Waals surface area contributed by atoms with Crippen molar-refractivity contribution in [3.8, 4) is 0 Å². The van der Waals surface area contributed by atoms with Crippen LogP contribution in [0.1, 0.15) is 38.2 Å². The summed E-state index contributed by atoms with van der Waals surface area (Å²) < 4.78 is 1.05. The van der Waals surface area contributed by atoms with E-state index in [-0.39, 0.29) is 5.91 Å². The minimum Gasteiger partial charge on any atom is -0.353 e. The Morgan fingerprint density at radius 3 is 2.61 bits per heavy atom. The number of amides is 1. The lowest BCUT2D eigenvalue weighted by molar-refractivity contribution is -0.121. The molecule has 0 spiro atoms. The number of hydrogen-bond acceptors (Lipinski definition) is 1. The topological polar surface area (TPSA) is 29.1 Å². The number of halogens is 1. The molecule has 18 heavy (non-hydrogen) atoms. The Kier molecular flexibility index (Phi) is 4.81. The van der Waals surface area contributed by atoms with Crippen molar-refractivity contribution in [3.05, 3.63) is 34.3 Å². The van der Waals surface area contributed by atoms with Crippen LogP contribution < -0.4 is 5.32 Å². The fourth-order valence-corrected chi connectivity index (χ4v) is 2.84. The van der Waals surface area contributed by atoms with Gasteiger partial charge in [0.15, 0.2) is 0 Å². The Morgan fingerprint density at radius 1 is 1.28 bits per heavy atom. The van der Waals surface area contributed by atoms with E-state index in [1.807, 2.05) is 24.3 Å². The molecular formula is C15H20BrNO. The summed E-state index contributed by atoms with van der Waals surface area (Å²) in [5.74, 6) is 0.767. The van der Waals surface area contributed by atoms with Crippen LogP contribution in [0.5, 0.6) is 0 Å². The number of rotatable bonds is 3. The summed E-state index contributed by atoms with van der Waals surface area (Å²) in [6, 6.07) is 8.32. The average Bonchev–Trinajstić information content (AvgIpc) is 2.35. The Morgan fingerprint density at radius 2 is 1.94 bits per heavy atom. The average molecular weight is 310 g/mol. The SMILES string of the molecule is C[C@@H]1CCCC[C@@H]1NC(=O)Cc1ccc(Br)cc1. The minimum absolute atomic E-state index is 0.149. The largest absolute Gasteiger partial charge is 0.353 e. The van der Waals surface area contributed by atoms with Gasteiger partial charge in [-0.3, -0.25) is 4.79 Å². The van der Waals surface area contributed by atoms with E-state index in [0.29, 0.717) is 18.4 Å². The van der Waals surface area contributed by atoms with Crippen LogP contribution >= 0.6 is 15.9 Å². The molecule has 1 aromatic carbocycles. The molecule has 1 aromatic rings. The van der Waals surface area contributed by atoms with Crippen molar-refractivity contribution in [3.63, 3.8) is 0 Å². The molecule has 0 unspecified atom stereocenters. The lowest BCUT2D eigenvalue weighted by Gasteiger charge is -2.29. The summed E-state index contributed by atoms with van der Waals surface area (Å²) in [4.78, 5) is 12.0. The van der Waals surface area contributed by atoms with Crippen LogP contribution in [0.25, 0.3) is 0 Å². The third-order valence-corrected chi connectivity index (χ3v) is 4.26. The molecule has 1 aliphatic carbocycles. The second-order valence-electron chi connectivity index (χ2n) is 5.24. The Labute approximate surface area is 117 Å². The van der Waals surface area contributed by atoms with E-state index in [4.69, 9.17) is 0 Å². The van der Waals surface area contributed by atoms with Crippen LogP contribution in [-0.2, 0) is 11.2 Å². The highest BCUT2D eigenvalue weighted by Gasteiger charge is 2.22. The van der Waals surface area contributed by atoms with Gasteiger partial charge >= 0.3 is 0 Å². The van der Waals surface area contributed by atoms with Crippen molar-refractivity contribution in [2.45, 2.75) is 45.1 Å². The van der Waals surface area contributed by atoms with Gasteiger partial charge in [0.2, 0.25) is 5.91 Å². The highest BCUT2D eigenvalue weighted by atomic mass is 79.9. The Hall–Kier alpha value is -0.830. The van der Waals surface area contributed by atoms with Gasteiger partial charge in [0.25, 0.3) is 0 Å². The molecule has 0 saturated heterocycles. The first-order valence-electron chi connectivity index (χ1n) is 6.69. The molecule has 0 heterocycles. The van der Waals surface area contributed by atoms with Gasteiger partial charge < -0.3 is 5.32 Å². The first-order chi connectivity index (χ1) is 8.65. The molecule has 1 aliphatic rings. The normalized spacial score (nSPS) is 23.7. The number of benzene rings is 1. The molecule has 1 amide bonds. The van der Waals surface area contributed by atoms with Crippen molar-refractivity contribution >= 4 is 21.8 Å². The van der Waals surface area contributed by atoms with Gasteiger partial charge in [0.1, 0.15) is 0 Å². The van der Waals surface area contributed by atoms with Crippen LogP contribution in [0, 0.1) is 5.92 Å². The maximum Gasteiger partial charge on any atom is 0.224 e. The van der Waals surface area contributed by atoms with Crippen molar-refractivity contribution < 1.29 is 4.79 Å². The van der Waals surface area contributed by atoms with E-state index in [9.17, 15) is 4.79 Å².